The van der Waals surface area contributed by atoms with E-state index in [4.69, 9.17) is 25.8 Å². The first kappa shape index (κ1) is 33.3. The Balaban J connectivity index is 1.42. The van der Waals surface area contributed by atoms with E-state index < -0.39 is 21.2 Å². The molecule has 0 radical (unpaired) electrons. The number of hydrogen-bond donors (Lipinski definition) is 1. The maximum Gasteiger partial charge on any atom is 0.264 e. The van der Waals surface area contributed by atoms with Gasteiger partial charge in [-0.3, -0.25) is 4.79 Å². The van der Waals surface area contributed by atoms with Gasteiger partial charge in [0.2, 0.25) is 10.0 Å². The number of carbonyl (C=O) groups excluding carboxylic acids is 1. The summed E-state index contributed by atoms with van der Waals surface area (Å²) in [5, 5.41) is 0.0439. The Kier molecular flexibility index (Phi) is 10.0. The lowest BCUT2D eigenvalue weighted by Crippen LogP contribution is -2.49. The number of amides is 1. The zero-order chi connectivity index (χ0) is 32.5. The number of halogens is 1. The number of nitrogens with zero attached hydrogens (tertiary/aromatic N) is 1. The van der Waals surface area contributed by atoms with Gasteiger partial charge in [-0.25, -0.2) is 13.1 Å². The normalized spacial score (nSPS) is 31.4. The number of carbonyl (C=O) groups is 1. The van der Waals surface area contributed by atoms with E-state index in [1.165, 1.54) is 11.1 Å². The number of ether oxygens (including phenoxy) is 3. The van der Waals surface area contributed by atoms with E-state index >= 15 is 0 Å². The molecule has 1 saturated carbocycles. The third-order valence-corrected chi connectivity index (χ3v) is 12.8. The zero-order valence-corrected chi connectivity index (χ0v) is 28.7. The first-order chi connectivity index (χ1) is 22.1. The van der Waals surface area contributed by atoms with E-state index in [0.717, 1.165) is 55.9 Å². The van der Waals surface area contributed by atoms with Crippen molar-refractivity contribution < 1.29 is 27.4 Å². The van der Waals surface area contributed by atoms with Gasteiger partial charge in [0.15, 0.2) is 0 Å². The maximum atomic E-state index is 13.5. The Hall–Kier alpha value is -2.59. The van der Waals surface area contributed by atoms with Crippen LogP contribution >= 0.6 is 11.6 Å². The summed E-state index contributed by atoms with van der Waals surface area (Å²) in [7, 11) is -2.23. The topological polar surface area (TPSA) is 94.2 Å². The lowest BCUT2D eigenvalue weighted by molar-refractivity contribution is -0.0310. The molecular formula is C36H47ClN2O6S. The van der Waals surface area contributed by atoms with Crippen molar-refractivity contribution in [1.29, 1.82) is 0 Å². The van der Waals surface area contributed by atoms with Crippen molar-refractivity contribution in [3.05, 3.63) is 70.3 Å². The number of sulfonamides is 1. The number of rotatable bonds is 5. The summed E-state index contributed by atoms with van der Waals surface area (Å²) in [6, 6.07) is 11.6. The average molecular weight is 671 g/mol. The standard InChI is InChI=1S/C36H47ClN2O6S/c1-4-29-18-24(2)7-13-33(44-17-16-43-3)30-11-8-27(30)21-39-22-36(15-5-6-25-19-28(37)10-12-31(25)36)23-45-34-14-9-26(20-32(34)39)35(40)38-46(29,41)42/h7,9-10,12-14,19-20,24,27,29-30,33H,4-6,8,11,15-18,21-23H2,1-3H3,(H,38,40)/b13-7-/t24-,27-,29+,30+,33-,36-/m0/s1. The lowest BCUT2D eigenvalue weighted by atomic mass is 9.68. The van der Waals surface area contributed by atoms with E-state index in [-0.39, 0.29) is 17.4 Å². The second kappa shape index (κ2) is 13.9. The van der Waals surface area contributed by atoms with Crippen molar-refractivity contribution in [2.45, 2.75) is 75.6 Å². The van der Waals surface area contributed by atoms with Crippen LogP contribution in [0.1, 0.15) is 73.9 Å². The van der Waals surface area contributed by atoms with Crippen molar-refractivity contribution >= 4 is 33.2 Å². The Bertz CT molecular complexity index is 1560. The summed E-state index contributed by atoms with van der Waals surface area (Å²) in [5.41, 5.74) is 3.44. The monoisotopic (exact) mass is 670 g/mol. The summed E-state index contributed by atoms with van der Waals surface area (Å²) in [5.74, 6) is 0.776. The molecule has 2 aromatic rings. The Morgan fingerprint density at radius 1 is 1.13 bits per heavy atom. The number of fused-ring (bicyclic) bond motifs is 4. The van der Waals surface area contributed by atoms with E-state index in [9.17, 15) is 13.2 Å². The molecule has 2 heterocycles. The van der Waals surface area contributed by atoms with Crippen LogP contribution in [0.15, 0.2) is 48.6 Å². The molecule has 2 aliphatic carbocycles. The average Bonchev–Trinajstić information content (AvgIpc) is 3.16. The van der Waals surface area contributed by atoms with Crippen LogP contribution < -0.4 is 14.4 Å². The fourth-order valence-electron chi connectivity index (χ4n) is 7.96. The van der Waals surface area contributed by atoms with Crippen molar-refractivity contribution in [3.8, 4) is 5.75 Å². The minimum Gasteiger partial charge on any atom is -0.490 e. The molecule has 1 N–H and O–H groups in total. The van der Waals surface area contributed by atoms with Crippen LogP contribution in [0.4, 0.5) is 5.69 Å². The zero-order valence-electron chi connectivity index (χ0n) is 27.2. The second-order valence-corrected chi connectivity index (χ2v) is 16.1. The van der Waals surface area contributed by atoms with Crippen molar-refractivity contribution in [2.75, 3.05) is 44.9 Å². The van der Waals surface area contributed by atoms with Crippen LogP contribution in [-0.4, -0.2) is 65.7 Å². The number of hydrogen-bond acceptors (Lipinski definition) is 7. The lowest BCUT2D eigenvalue weighted by Gasteiger charge is -2.46. The number of benzene rings is 2. The van der Waals surface area contributed by atoms with Gasteiger partial charge in [0.05, 0.1) is 36.9 Å². The number of methoxy groups -OCH3 is 1. The highest BCUT2D eigenvalue weighted by Gasteiger charge is 2.44. The smallest absolute Gasteiger partial charge is 0.264 e. The molecule has 6 rings (SSSR count). The molecule has 0 aromatic heterocycles. The summed E-state index contributed by atoms with van der Waals surface area (Å²) in [6.07, 6.45) is 10.1. The summed E-state index contributed by atoms with van der Waals surface area (Å²) in [4.78, 5) is 15.9. The molecule has 2 aromatic carbocycles. The molecule has 2 aliphatic heterocycles. The summed E-state index contributed by atoms with van der Waals surface area (Å²) >= 11 is 6.44. The van der Waals surface area contributed by atoms with Gasteiger partial charge in [-0.05, 0) is 104 Å². The summed E-state index contributed by atoms with van der Waals surface area (Å²) < 4.78 is 47.7. The highest BCUT2D eigenvalue weighted by Crippen LogP contribution is 2.47. The maximum absolute atomic E-state index is 13.5. The van der Waals surface area contributed by atoms with Crippen LogP contribution in [-0.2, 0) is 31.3 Å². The molecule has 1 spiro atoms. The molecule has 4 aliphatic rings. The summed E-state index contributed by atoms with van der Waals surface area (Å²) in [6.45, 7) is 6.90. The minimum atomic E-state index is -3.91. The van der Waals surface area contributed by atoms with Gasteiger partial charge < -0.3 is 19.1 Å². The molecule has 6 atom stereocenters. The quantitative estimate of drug-likeness (QED) is 0.295. The number of allylic oxidation sites excluding steroid dienone is 1. The molecule has 250 valence electrons. The Morgan fingerprint density at radius 2 is 1.98 bits per heavy atom. The molecular weight excluding hydrogens is 624 g/mol. The highest BCUT2D eigenvalue weighted by atomic mass is 35.5. The van der Waals surface area contributed by atoms with Gasteiger partial charge in [0.25, 0.3) is 5.91 Å². The predicted octanol–water partition coefficient (Wildman–Crippen LogP) is 6.31. The third-order valence-electron chi connectivity index (χ3n) is 10.6. The van der Waals surface area contributed by atoms with Crippen LogP contribution in [0.5, 0.6) is 5.75 Å². The Labute approximate surface area is 278 Å². The van der Waals surface area contributed by atoms with Gasteiger partial charge in [0, 0.05) is 36.2 Å². The van der Waals surface area contributed by atoms with Gasteiger partial charge in [-0.1, -0.05) is 43.7 Å². The second-order valence-electron chi connectivity index (χ2n) is 13.7. The fraction of sp³-hybridized carbons (Fsp3) is 0.583. The van der Waals surface area contributed by atoms with Gasteiger partial charge in [-0.15, -0.1) is 0 Å². The van der Waals surface area contributed by atoms with Crippen molar-refractivity contribution in [1.82, 2.24) is 4.72 Å². The van der Waals surface area contributed by atoms with Crippen molar-refractivity contribution in [2.24, 2.45) is 17.8 Å². The molecule has 0 saturated heterocycles. The first-order valence-electron chi connectivity index (χ1n) is 16.8. The highest BCUT2D eigenvalue weighted by molar-refractivity contribution is 7.90. The third kappa shape index (κ3) is 6.84. The molecule has 8 nitrogen and oxygen atoms in total. The molecule has 1 fully saturated rings. The number of nitrogens with one attached hydrogen (secondary N) is 1. The predicted molar refractivity (Wildman–Crippen MR) is 181 cm³/mol. The van der Waals surface area contributed by atoms with Crippen molar-refractivity contribution in [3.63, 3.8) is 0 Å². The van der Waals surface area contributed by atoms with E-state index in [2.05, 4.69) is 33.9 Å². The van der Waals surface area contributed by atoms with Crippen LogP contribution in [0.3, 0.4) is 0 Å². The van der Waals surface area contributed by atoms with Crippen LogP contribution in [0, 0.1) is 17.8 Å². The van der Waals surface area contributed by atoms with Gasteiger partial charge in [-0.2, -0.15) is 0 Å². The van der Waals surface area contributed by atoms with E-state index in [0.29, 0.717) is 55.8 Å². The molecule has 1 amide bonds. The van der Waals surface area contributed by atoms with Crippen LogP contribution in [0.25, 0.3) is 0 Å². The number of aryl methyl sites for hydroxylation is 1. The van der Waals surface area contributed by atoms with E-state index in [1.54, 1.807) is 13.2 Å². The molecule has 0 unspecified atom stereocenters. The fourth-order valence-corrected chi connectivity index (χ4v) is 9.69. The SMILES string of the molecule is CC[C@@H]1C[C@@H](C)/C=C\[C@H](OCCOC)[C@@H]2CC[C@H]2CN2C[C@@]3(CCCc4cc(Cl)ccc43)COc3ccc(cc32)C(=O)NS1(=O)=O. The van der Waals surface area contributed by atoms with E-state index in [1.807, 2.05) is 32.0 Å². The largest absolute Gasteiger partial charge is 0.490 e. The van der Waals surface area contributed by atoms with Gasteiger partial charge >= 0.3 is 0 Å². The minimum absolute atomic E-state index is 0.00930. The van der Waals surface area contributed by atoms with Crippen LogP contribution in [0.2, 0.25) is 5.02 Å². The first-order valence-corrected chi connectivity index (χ1v) is 18.7. The molecule has 46 heavy (non-hydrogen) atoms. The number of anilines is 1. The Morgan fingerprint density at radius 3 is 2.74 bits per heavy atom. The molecule has 2 bridgehead atoms. The molecule has 10 heteroatoms. The van der Waals surface area contributed by atoms with Gasteiger partial charge in [0.1, 0.15) is 5.75 Å².